The molecule has 0 unspecified atom stereocenters. The minimum Gasteiger partial charge on any atom is -0.423 e. The summed E-state index contributed by atoms with van der Waals surface area (Å²) in [6.45, 7) is 0. The second-order valence-corrected chi connectivity index (χ2v) is 5.67. The highest BCUT2D eigenvalue weighted by molar-refractivity contribution is 9.10. The van der Waals surface area contributed by atoms with Crippen molar-refractivity contribution < 1.29 is 9.21 Å². The molecule has 0 saturated heterocycles. The van der Waals surface area contributed by atoms with E-state index in [2.05, 4.69) is 26.5 Å². The Kier molecular flexibility index (Phi) is 4.34. The van der Waals surface area contributed by atoms with Gasteiger partial charge in [0.25, 0.3) is 5.91 Å². The van der Waals surface area contributed by atoms with E-state index in [1.807, 2.05) is 6.07 Å². The van der Waals surface area contributed by atoms with Crippen molar-refractivity contribution in [3.8, 4) is 0 Å². The van der Waals surface area contributed by atoms with Crippen LogP contribution in [0.1, 0.15) is 15.9 Å². The molecule has 0 spiro atoms. The predicted molar refractivity (Wildman–Crippen MR) is 91.7 cm³/mol. The number of hydrazone groups is 1. The summed E-state index contributed by atoms with van der Waals surface area (Å²) in [5.74, 6) is -0.291. The van der Waals surface area contributed by atoms with Gasteiger partial charge in [-0.05, 0) is 54.1 Å². The molecule has 0 aliphatic heterocycles. The Balaban J connectivity index is 1.72. The molecular weight excluding hydrogens is 360 g/mol. The quantitative estimate of drug-likeness (QED) is 0.436. The highest BCUT2D eigenvalue weighted by atomic mass is 79.9. The van der Waals surface area contributed by atoms with Crippen LogP contribution in [0.4, 0.5) is 0 Å². The van der Waals surface area contributed by atoms with Crippen LogP contribution in [0.5, 0.6) is 0 Å². The van der Waals surface area contributed by atoms with E-state index in [4.69, 9.17) is 4.42 Å². The lowest BCUT2D eigenvalue weighted by atomic mass is 10.1. The van der Waals surface area contributed by atoms with Crippen LogP contribution in [0.15, 0.2) is 73.4 Å². The minimum absolute atomic E-state index is 0.291. The second-order valence-electron chi connectivity index (χ2n) is 4.76. The van der Waals surface area contributed by atoms with Crippen LogP contribution in [0.3, 0.4) is 0 Å². The van der Waals surface area contributed by atoms with E-state index in [-0.39, 0.29) is 11.5 Å². The van der Waals surface area contributed by atoms with Crippen molar-refractivity contribution in [2.24, 2.45) is 5.10 Å². The largest absolute Gasteiger partial charge is 0.423 e. The number of carbonyl (C=O) groups is 1. The van der Waals surface area contributed by atoms with Gasteiger partial charge in [0.2, 0.25) is 0 Å². The molecule has 0 aliphatic carbocycles. The van der Waals surface area contributed by atoms with Crippen LogP contribution < -0.4 is 11.1 Å². The summed E-state index contributed by atoms with van der Waals surface area (Å²) >= 11 is 3.31. The second kappa shape index (κ2) is 6.58. The van der Waals surface area contributed by atoms with E-state index in [9.17, 15) is 9.59 Å². The molecule has 0 bridgehead atoms. The smallest absolute Gasteiger partial charge is 0.336 e. The lowest BCUT2D eigenvalue weighted by Gasteiger charge is -2.00. The maximum absolute atomic E-state index is 11.9. The molecule has 114 valence electrons. The van der Waals surface area contributed by atoms with E-state index >= 15 is 0 Å². The first kappa shape index (κ1) is 15.2. The minimum atomic E-state index is -0.388. The summed E-state index contributed by atoms with van der Waals surface area (Å²) in [6.07, 6.45) is 1.53. The zero-order valence-corrected chi connectivity index (χ0v) is 13.4. The standard InChI is InChI=1S/C17H11BrN2O3/c18-14-5-2-12(3-6-14)17(22)20-19-10-11-1-7-15-13(9-11)4-8-16(21)23-15/h1-10H,(H,20,22)/b19-10+. The number of rotatable bonds is 3. The molecule has 5 nitrogen and oxygen atoms in total. The third-order valence-electron chi connectivity index (χ3n) is 3.13. The molecule has 1 heterocycles. The molecule has 1 amide bonds. The molecule has 23 heavy (non-hydrogen) atoms. The topological polar surface area (TPSA) is 71.7 Å². The Morgan fingerprint density at radius 3 is 2.65 bits per heavy atom. The molecule has 0 aliphatic rings. The molecule has 0 fully saturated rings. The molecule has 3 rings (SSSR count). The van der Waals surface area contributed by atoms with Gasteiger partial charge in [-0.15, -0.1) is 0 Å². The van der Waals surface area contributed by atoms with E-state index in [1.165, 1.54) is 12.3 Å². The summed E-state index contributed by atoms with van der Waals surface area (Å²) in [5.41, 5.74) is 3.88. The third kappa shape index (κ3) is 3.73. The molecule has 0 atom stereocenters. The van der Waals surface area contributed by atoms with Crippen molar-refractivity contribution in [1.29, 1.82) is 0 Å². The lowest BCUT2D eigenvalue weighted by molar-refractivity contribution is 0.0955. The van der Waals surface area contributed by atoms with E-state index < -0.39 is 0 Å². The van der Waals surface area contributed by atoms with Crippen molar-refractivity contribution in [2.45, 2.75) is 0 Å². The summed E-state index contributed by atoms with van der Waals surface area (Å²) < 4.78 is 5.96. The maximum atomic E-state index is 11.9. The fourth-order valence-corrected chi connectivity index (χ4v) is 2.27. The molecule has 0 radical (unpaired) electrons. The monoisotopic (exact) mass is 370 g/mol. The van der Waals surface area contributed by atoms with Crippen molar-refractivity contribution in [1.82, 2.24) is 5.43 Å². The average molecular weight is 371 g/mol. The Morgan fingerprint density at radius 1 is 1.09 bits per heavy atom. The summed E-state index contributed by atoms with van der Waals surface area (Å²) in [4.78, 5) is 23.0. The zero-order chi connectivity index (χ0) is 16.2. The van der Waals surface area contributed by atoms with Gasteiger partial charge in [0, 0.05) is 21.5 Å². The Hall–Kier alpha value is -2.73. The molecule has 2 aromatic carbocycles. The fourth-order valence-electron chi connectivity index (χ4n) is 2.00. The first-order chi connectivity index (χ1) is 11.1. The van der Waals surface area contributed by atoms with Crippen molar-refractivity contribution in [2.75, 3.05) is 0 Å². The predicted octanol–water partition coefficient (Wildman–Crippen LogP) is 3.32. The SMILES string of the molecule is O=C(N/N=C/c1ccc2oc(=O)ccc2c1)c1ccc(Br)cc1. The van der Waals surface area contributed by atoms with Gasteiger partial charge in [-0.25, -0.2) is 10.2 Å². The summed E-state index contributed by atoms with van der Waals surface area (Å²) in [6, 6.07) is 15.3. The van der Waals surface area contributed by atoms with Gasteiger partial charge >= 0.3 is 5.63 Å². The van der Waals surface area contributed by atoms with Crippen LogP contribution in [0, 0.1) is 0 Å². The van der Waals surface area contributed by atoms with Gasteiger partial charge in [0.15, 0.2) is 0 Å². The first-order valence-corrected chi connectivity index (χ1v) is 7.54. The lowest BCUT2D eigenvalue weighted by Crippen LogP contribution is -2.17. The van der Waals surface area contributed by atoms with Crippen LogP contribution >= 0.6 is 15.9 Å². The number of amides is 1. The number of hydrogen-bond donors (Lipinski definition) is 1. The summed E-state index contributed by atoms with van der Waals surface area (Å²) in [5, 5.41) is 4.72. The van der Waals surface area contributed by atoms with E-state index in [0.717, 1.165) is 15.4 Å². The first-order valence-electron chi connectivity index (χ1n) is 6.75. The van der Waals surface area contributed by atoms with E-state index in [0.29, 0.717) is 11.1 Å². The highest BCUT2D eigenvalue weighted by Crippen LogP contribution is 2.13. The Bertz CT molecular complexity index is 946. The normalized spacial score (nSPS) is 11.0. The number of nitrogens with zero attached hydrogens (tertiary/aromatic N) is 1. The summed E-state index contributed by atoms with van der Waals surface area (Å²) in [7, 11) is 0. The van der Waals surface area contributed by atoms with Crippen molar-refractivity contribution in [3.63, 3.8) is 0 Å². The van der Waals surface area contributed by atoms with Gasteiger partial charge in [-0.3, -0.25) is 4.79 Å². The van der Waals surface area contributed by atoms with Crippen molar-refractivity contribution >= 4 is 39.0 Å². The van der Waals surface area contributed by atoms with Crippen molar-refractivity contribution in [3.05, 3.63) is 80.6 Å². The molecule has 3 aromatic rings. The zero-order valence-electron chi connectivity index (χ0n) is 11.8. The van der Waals surface area contributed by atoms with Crippen LogP contribution in [0.25, 0.3) is 11.0 Å². The molecule has 6 heteroatoms. The number of benzene rings is 2. The number of fused-ring (bicyclic) bond motifs is 1. The van der Waals surface area contributed by atoms with Crippen LogP contribution in [-0.4, -0.2) is 12.1 Å². The van der Waals surface area contributed by atoms with E-state index in [1.54, 1.807) is 42.5 Å². The molecule has 1 N–H and O–H groups in total. The van der Waals surface area contributed by atoms with Gasteiger partial charge in [-0.2, -0.15) is 5.10 Å². The highest BCUT2D eigenvalue weighted by Gasteiger charge is 2.03. The van der Waals surface area contributed by atoms with Gasteiger partial charge in [-0.1, -0.05) is 15.9 Å². The van der Waals surface area contributed by atoms with Crippen LogP contribution in [0.2, 0.25) is 0 Å². The van der Waals surface area contributed by atoms with Gasteiger partial charge in [0.1, 0.15) is 5.58 Å². The Labute approximate surface area is 139 Å². The molecular formula is C17H11BrN2O3. The number of carbonyl (C=O) groups excluding carboxylic acids is 1. The third-order valence-corrected chi connectivity index (χ3v) is 3.66. The molecule has 0 saturated carbocycles. The number of nitrogens with one attached hydrogen (secondary N) is 1. The fraction of sp³-hybridized carbons (Fsp3) is 0. The Morgan fingerprint density at radius 2 is 1.87 bits per heavy atom. The number of hydrogen-bond acceptors (Lipinski definition) is 4. The van der Waals surface area contributed by atoms with Crippen LogP contribution in [-0.2, 0) is 0 Å². The molecule has 1 aromatic heterocycles. The number of halogens is 1. The average Bonchev–Trinajstić information content (AvgIpc) is 2.55. The van der Waals surface area contributed by atoms with Gasteiger partial charge < -0.3 is 4.42 Å². The van der Waals surface area contributed by atoms with Gasteiger partial charge in [0.05, 0.1) is 6.21 Å². The maximum Gasteiger partial charge on any atom is 0.336 e.